The van der Waals surface area contributed by atoms with E-state index in [0.29, 0.717) is 0 Å². The molecular formula is C22H16N2S. The number of aromatic nitrogens is 2. The predicted octanol–water partition coefficient (Wildman–Crippen LogP) is 6.12. The minimum Gasteiger partial charge on any atom is -0.343 e. The maximum Gasteiger partial charge on any atom is 0.127 e. The molecule has 5 rings (SSSR count). The van der Waals surface area contributed by atoms with Gasteiger partial charge in [0.1, 0.15) is 5.01 Å². The number of hydrogen-bond acceptors (Lipinski definition) is 2. The first kappa shape index (κ1) is 14.4. The lowest BCUT2D eigenvalue weighted by Gasteiger charge is -2.06. The van der Waals surface area contributed by atoms with E-state index in [4.69, 9.17) is 4.98 Å². The van der Waals surface area contributed by atoms with Crippen LogP contribution < -0.4 is 0 Å². The van der Waals surface area contributed by atoms with Gasteiger partial charge in [0.25, 0.3) is 0 Å². The molecule has 0 aliphatic carbocycles. The predicted molar refractivity (Wildman–Crippen MR) is 107 cm³/mol. The second-order valence-corrected chi connectivity index (χ2v) is 7.18. The fraction of sp³-hybridized carbons (Fsp3) is 0.0455. The van der Waals surface area contributed by atoms with Gasteiger partial charge >= 0.3 is 0 Å². The summed E-state index contributed by atoms with van der Waals surface area (Å²) in [6.45, 7) is 0. The van der Waals surface area contributed by atoms with Gasteiger partial charge in [-0.3, -0.25) is 0 Å². The zero-order valence-electron chi connectivity index (χ0n) is 13.8. The highest BCUT2D eigenvalue weighted by Crippen LogP contribution is 2.42. The molecule has 3 aromatic carbocycles. The van der Waals surface area contributed by atoms with Crippen LogP contribution in [0.1, 0.15) is 0 Å². The van der Waals surface area contributed by atoms with Crippen molar-refractivity contribution in [2.24, 2.45) is 7.05 Å². The molecule has 120 valence electrons. The van der Waals surface area contributed by atoms with Gasteiger partial charge in [-0.2, -0.15) is 0 Å². The lowest BCUT2D eigenvalue weighted by atomic mass is 10.1. The van der Waals surface area contributed by atoms with E-state index in [2.05, 4.69) is 84.4 Å². The second kappa shape index (κ2) is 5.57. The molecule has 0 amide bonds. The molecular weight excluding hydrogens is 324 g/mol. The summed E-state index contributed by atoms with van der Waals surface area (Å²) in [6.07, 6.45) is 0. The Balaban J connectivity index is 1.90. The van der Waals surface area contributed by atoms with Crippen LogP contribution in [0, 0.1) is 0 Å². The van der Waals surface area contributed by atoms with Crippen LogP contribution in [0.15, 0.2) is 78.9 Å². The third kappa shape index (κ3) is 2.20. The first-order valence-corrected chi connectivity index (χ1v) is 9.13. The van der Waals surface area contributed by atoms with Crippen LogP contribution in [0.3, 0.4) is 0 Å². The molecule has 0 aliphatic heterocycles. The molecule has 0 N–H and O–H groups in total. The molecule has 0 aliphatic rings. The van der Waals surface area contributed by atoms with E-state index in [-0.39, 0.29) is 0 Å². The summed E-state index contributed by atoms with van der Waals surface area (Å²) in [5, 5.41) is 2.33. The number of fused-ring (bicyclic) bond motifs is 2. The molecule has 3 heteroatoms. The Hall–Kier alpha value is -2.91. The van der Waals surface area contributed by atoms with Crippen molar-refractivity contribution in [3.05, 3.63) is 78.9 Å². The highest BCUT2D eigenvalue weighted by Gasteiger charge is 2.20. The van der Waals surface area contributed by atoms with Crippen LogP contribution in [0.2, 0.25) is 0 Å². The van der Waals surface area contributed by atoms with Gasteiger partial charge in [-0.25, -0.2) is 4.98 Å². The Morgan fingerprint density at radius 2 is 1.52 bits per heavy atom. The maximum absolute atomic E-state index is 4.94. The lowest BCUT2D eigenvalue weighted by Crippen LogP contribution is -1.92. The van der Waals surface area contributed by atoms with Crippen molar-refractivity contribution < 1.29 is 0 Å². The van der Waals surface area contributed by atoms with Gasteiger partial charge in [0.05, 0.1) is 15.9 Å². The van der Waals surface area contributed by atoms with E-state index in [9.17, 15) is 0 Å². The lowest BCUT2D eigenvalue weighted by molar-refractivity contribution is 0.979. The van der Waals surface area contributed by atoms with Gasteiger partial charge in [-0.1, -0.05) is 60.7 Å². The molecule has 0 radical (unpaired) electrons. The smallest absolute Gasteiger partial charge is 0.127 e. The average Bonchev–Trinajstić information content (AvgIpc) is 3.21. The second-order valence-electron chi connectivity index (χ2n) is 6.15. The molecule has 0 bridgehead atoms. The largest absolute Gasteiger partial charge is 0.343 e. The highest BCUT2D eigenvalue weighted by molar-refractivity contribution is 7.21. The molecule has 25 heavy (non-hydrogen) atoms. The van der Waals surface area contributed by atoms with Crippen LogP contribution in [0.5, 0.6) is 0 Å². The third-order valence-electron chi connectivity index (χ3n) is 4.66. The number of rotatable bonds is 2. The van der Waals surface area contributed by atoms with E-state index >= 15 is 0 Å². The van der Waals surface area contributed by atoms with Crippen molar-refractivity contribution in [2.75, 3.05) is 0 Å². The summed E-state index contributed by atoms with van der Waals surface area (Å²) in [4.78, 5) is 4.94. The minimum atomic E-state index is 1.06. The first-order valence-electron chi connectivity index (χ1n) is 8.32. The SMILES string of the molecule is Cn1c(-c2ccccc2)c(-c2nc3ccccc3s2)c2ccccc21. The van der Waals surface area contributed by atoms with Gasteiger partial charge in [-0.05, 0) is 23.8 Å². The monoisotopic (exact) mass is 340 g/mol. The summed E-state index contributed by atoms with van der Waals surface area (Å²) in [7, 11) is 2.14. The molecule has 0 atom stereocenters. The first-order chi connectivity index (χ1) is 12.3. The highest BCUT2D eigenvalue weighted by atomic mass is 32.1. The van der Waals surface area contributed by atoms with Gasteiger partial charge in [-0.15, -0.1) is 11.3 Å². The van der Waals surface area contributed by atoms with Gasteiger partial charge < -0.3 is 4.57 Å². The van der Waals surface area contributed by atoms with Crippen LogP contribution >= 0.6 is 11.3 Å². The maximum atomic E-state index is 4.94. The van der Waals surface area contributed by atoms with Gasteiger partial charge in [0, 0.05) is 23.5 Å². The van der Waals surface area contributed by atoms with E-state index in [1.165, 1.54) is 32.4 Å². The molecule has 0 fully saturated rings. The minimum absolute atomic E-state index is 1.06. The van der Waals surface area contributed by atoms with E-state index in [1.54, 1.807) is 11.3 Å². The van der Waals surface area contributed by atoms with Crippen molar-refractivity contribution >= 4 is 32.5 Å². The topological polar surface area (TPSA) is 17.8 Å². The molecule has 0 saturated carbocycles. The van der Waals surface area contributed by atoms with Crippen molar-refractivity contribution in [1.82, 2.24) is 9.55 Å². The normalized spacial score (nSPS) is 11.4. The van der Waals surface area contributed by atoms with E-state index in [0.717, 1.165) is 10.5 Å². The Morgan fingerprint density at radius 3 is 2.36 bits per heavy atom. The van der Waals surface area contributed by atoms with Crippen LogP contribution in [0.25, 0.3) is 42.9 Å². The molecule has 2 aromatic heterocycles. The standard InChI is InChI=1S/C22H16N2S/c1-24-18-13-7-5-11-16(18)20(21(24)15-9-3-2-4-10-15)22-23-17-12-6-8-14-19(17)25-22/h2-14H,1H3. The van der Waals surface area contributed by atoms with Crippen LogP contribution in [-0.2, 0) is 7.05 Å². The average molecular weight is 340 g/mol. The number of para-hydroxylation sites is 2. The Labute approximate surface area is 150 Å². The Morgan fingerprint density at radius 1 is 0.800 bits per heavy atom. The number of thiazole rings is 1. The number of hydrogen-bond donors (Lipinski definition) is 0. The van der Waals surface area contributed by atoms with Crippen molar-refractivity contribution in [2.45, 2.75) is 0 Å². The molecule has 0 saturated heterocycles. The van der Waals surface area contributed by atoms with E-state index < -0.39 is 0 Å². The number of benzene rings is 3. The zero-order valence-corrected chi connectivity index (χ0v) is 14.6. The molecule has 2 nitrogen and oxygen atoms in total. The summed E-state index contributed by atoms with van der Waals surface area (Å²) in [5.74, 6) is 0. The fourth-order valence-corrected chi connectivity index (χ4v) is 4.55. The molecule has 2 heterocycles. The zero-order chi connectivity index (χ0) is 16.8. The van der Waals surface area contributed by atoms with Gasteiger partial charge in [0.2, 0.25) is 0 Å². The Bertz CT molecular complexity index is 1170. The third-order valence-corrected chi connectivity index (χ3v) is 5.72. The van der Waals surface area contributed by atoms with Crippen molar-refractivity contribution in [1.29, 1.82) is 0 Å². The fourth-order valence-electron chi connectivity index (χ4n) is 3.52. The molecule has 5 aromatic rings. The summed E-state index contributed by atoms with van der Waals surface area (Å²) in [6, 6.07) is 27.5. The summed E-state index contributed by atoms with van der Waals surface area (Å²) >= 11 is 1.76. The quantitative estimate of drug-likeness (QED) is 0.378. The number of aryl methyl sites for hydroxylation is 1. The summed E-state index contributed by atoms with van der Waals surface area (Å²) < 4.78 is 3.51. The molecule has 0 unspecified atom stereocenters. The van der Waals surface area contributed by atoms with Gasteiger partial charge in [0.15, 0.2) is 0 Å². The number of nitrogens with zero attached hydrogens (tertiary/aromatic N) is 2. The van der Waals surface area contributed by atoms with Crippen LogP contribution in [-0.4, -0.2) is 9.55 Å². The van der Waals surface area contributed by atoms with Crippen molar-refractivity contribution in [3.63, 3.8) is 0 Å². The van der Waals surface area contributed by atoms with Crippen LogP contribution in [0.4, 0.5) is 0 Å². The molecule has 0 spiro atoms. The van der Waals surface area contributed by atoms with E-state index in [1.807, 2.05) is 6.07 Å². The Kier molecular flexibility index (Phi) is 3.22. The van der Waals surface area contributed by atoms with Crippen molar-refractivity contribution in [3.8, 4) is 21.8 Å². The summed E-state index contributed by atoms with van der Waals surface area (Å²) in [5.41, 5.74) is 5.96.